The molecule has 0 aromatic heterocycles. The van der Waals surface area contributed by atoms with E-state index in [2.05, 4.69) is 19.2 Å². The maximum absolute atomic E-state index is 12.3. The lowest BCUT2D eigenvalue weighted by Crippen LogP contribution is -2.49. The number of aliphatic hydroxyl groups is 3. The van der Waals surface area contributed by atoms with E-state index in [9.17, 15) is 20.1 Å². The Morgan fingerprint density at radius 3 is 1.22 bits per heavy atom. The first-order valence-corrected chi connectivity index (χ1v) is 16.3. The van der Waals surface area contributed by atoms with E-state index < -0.39 is 24.2 Å². The van der Waals surface area contributed by atoms with Gasteiger partial charge in [-0.3, -0.25) is 4.79 Å². The third-order valence-electron chi connectivity index (χ3n) is 7.73. The van der Waals surface area contributed by atoms with Gasteiger partial charge in [0, 0.05) is 0 Å². The highest BCUT2D eigenvalue weighted by Gasteiger charge is 2.23. The van der Waals surface area contributed by atoms with Crippen molar-refractivity contribution < 1.29 is 20.1 Å². The number of carbonyl (C=O) groups is 1. The average molecular weight is 528 g/mol. The van der Waals surface area contributed by atoms with Crippen molar-refractivity contribution in [2.75, 3.05) is 6.61 Å². The predicted octanol–water partition coefficient (Wildman–Crippen LogP) is 7.98. The second-order valence-electron chi connectivity index (χ2n) is 11.4. The highest BCUT2D eigenvalue weighted by atomic mass is 16.3. The van der Waals surface area contributed by atoms with E-state index in [0.29, 0.717) is 12.8 Å². The van der Waals surface area contributed by atoms with Gasteiger partial charge in [0.1, 0.15) is 6.10 Å². The summed E-state index contributed by atoms with van der Waals surface area (Å²) in [6.07, 6.45) is 27.9. The Kier molecular flexibility index (Phi) is 27.9. The van der Waals surface area contributed by atoms with Gasteiger partial charge in [0.15, 0.2) is 0 Å². The molecule has 4 N–H and O–H groups in total. The van der Waals surface area contributed by atoms with E-state index in [0.717, 1.165) is 32.1 Å². The summed E-state index contributed by atoms with van der Waals surface area (Å²) in [6.45, 7) is 4.19. The molecule has 0 aromatic rings. The molecule has 0 aliphatic carbocycles. The molecule has 0 spiro atoms. The van der Waals surface area contributed by atoms with Crippen molar-refractivity contribution in [3.8, 4) is 0 Å². The van der Waals surface area contributed by atoms with Crippen LogP contribution in [0.15, 0.2) is 0 Å². The Hall–Kier alpha value is -0.650. The van der Waals surface area contributed by atoms with E-state index in [1.54, 1.807) is 0 Å². The lowest BCUT2D eigenvalue weighted by atomic mass is 10.0. The lowest BCUT2D eigenvalue weighted by Gasteiger charge is -2.23. The monoisotopic (exact) mass is 527 g/mol. The minimum absolute atomic E-state index is 0.309. The maximum Gasteiger partial charge on any atom is 0.249 e. The summed E-state index contributed by atoms with van der Waals surface area (Å²) in [4.78, 5) is 12.3. The van der Waals surface area contributed by atoms with Crippen LogP contribution >= 0.6 is 0 Å². The Morgan fingerprint density at radius 1 is 0.541 bits per heavy atom. The predicted molar refractivity (Wildman–Crippen MR) is 158 cm³/mol. The summed E-state index contributed by atoms with van der Waals surface area (Å²) in [5.74, 6) is -0.473. The molecule has 0 aliphatic heterocycles. The first kappa shape index (κ1) is 36.4. The van der Waals surface area contributed by atoms with Crippen LogP contribution in [0.4, 0.5) is 0 Å². The van der Waals surface area contributed by atoms with Crippen molar-refractivity contribution in [2.45, 2.75) is 193 Å². The van der Waals surface area contributed by atoms with Crippen molar-refractivity contribution in [2.24, 2.45) is 0 Å². The van der Waals surface area contributed by atoms with E-state index in [4.69, 9.17) is 0 Å². The van der Waals surface area contributed by atoms with Gasteiger partial charge in [0.05, 0.1) is 18.8 Å². The molecule has 0 aromatic carbocycles. The molecule has 0 saturated carbocycles. The zero-order chi connectivity index (χ0) is 27.4. The SMILES string of the molecule is CCCCCCCCCCCCCCC[C@@H](O)[C@H](CO)NC(=O)[C@@H](O)CCCCCCCCCCCC. The van der Waals surface area contributed by atoms with Crippen molar-refractivity contribution >= 4 is 5.91 Å². The Labute approximate surface area is 230 Å². The Morgan fingerprint density at radius 2 is 0.865 bits per heavy atom. The molecule has 0 rings (SSSR count). The second kappa shape index (κ2) is 28.4. The molecule has 0 fully saturated rings. The summed E-state index contributed by atoms with van der Waals surface area (Å²) in [7, 11) is 0. The molecular formula is C32H65NO4. The van der Waals surface area contributed by atoms with Gasteiger partial charge in [-0.2, -0.15) is 0 Å². The van der Waals surface area contributed by atoms with E-state index in [1.165, 1.54) is 116 Å². The summed E-state index contributed by atoms with van der Waals surface area (Å²) < 4.78 is 0. The van der Waals surface area contributed by atoms with Gasteiger partial charge >= 0.3 is 0 Å². The van der Waals surface area contributed by atoms with Crippen LogP contribution in [0.25, 0.3) is 0 Å². The van der Waals surface area contributed by atoms with Crippen LogP contribution < -0.4 is 5.32 Å². The van der Waals surface area contributed by atoms with Crippen LogP contribution in [0, 0.1) is 0 Å². The molecule has 0 saturated heterocycles. The van der Waals surface area contributed by atoms with Gasteiger partial charge in [0.25, 0.3) is 0 Å². The van der Waals surface area contributed by atoms with Crippen LogP contribution in [0.2, 0.25) is 0 Å². The van der Waals surface area contributed by atoms with Crippen molar-refractivity contribution in [1.29, 1.82) is 0 Å². The summed E-state index contributed by atoms with van der Waals surface area (Å²) in [6, 6.07) is -0.702. The highest BCUT2D eigenvalue weighted by Crippen LogP contribution is 2.15. The average Bonchev–Trinajstić information content (AvgIpc) is 2.90. The fourth-order valence-electron chi connectivity index (χ4n) is 5.07. The zero-order valence-electron chi connectivity index (χ0n) is 24.9. The molecule has 0 aliphatic rings. The molecule has 0 unspecified atom stereocenters. The summed E-state index contributed by atoms with van der Waals surface area (Å²) in [5.41, 5.74) is 0. The van der Waals surface area contributed by atoms with E-state index in [1.807, 2.05) is 0 Å². The van der Waals surface area contributed by atoms with Gasteiger partial charge in [0.2, 0.25) is 5.91 Å². The fourth-order valence-corrected chi connectivity index (χ4v) is 5.07. The number of nitrogens with one attached hydrogen (secondary N) is 1. The Balaban J connectivity index is 3.71. The lowest BCUT2D eigenvalue weighted by molar-refractivity contribution is -0.131. The van der Waals surface area contributed by atoms with Gasteiger partial charge in [-0.25, -0.2) is 0 Å². The van der Waals surface area contributed by atoms with Gasteiger partial charge in [-0.15, -0.1) is 0 Å². The minimum atomic E-state index is -1.06. The standard InChI is InChI=1S/C32H65NO4/c1-3-5-7-9-11-13-15-16-17-19-20-22-24-26-30(35)29(28-34)33-32(37)31(36)27-25-23-21-18-14-12-10-8-6-4-2/h29-31,34-36H,3-28H2,1-2H3,(H,33,37)/t29-,30+,31-/m0/s1. The molecule has 3 atom stereocenters. The number of hydrogen-bond acceptors (Lipinski definition) is 4. The number of aliphatic hydroxyl groups excluding tert-OH is 3. The van der Waals surface area contributed by atoms with Crippen molar-refractivity contribution in [1.82, 2.24) is 5.32 Å². The minimum Gasteiger partial charge on any atom is -0.394 e. The molecule has 37 heavy (non-hydrogen) atoms. The number of unbranched alkanes of at least 4 members (excludes halogenated alkanes) is 21. The molecule has 0 radical (unpaired) electrons. The normalized spacial score (nSPS) is 14.0. The van der Waals surface area contributed by atoms with Gasteiger partial charge in [-0.1, -0.05) is 162 Å². The smallest absolute Gasteiger partial charge is 0.249 e. The largest absolute Gasteiger partial charge is 0.394 e. The third kappa shape index (κ3) is 24.1. The van der Waals surface area contributed by atoms with Crippen molar-refractivity contribution in [3.63, 3.8) is 0 Å². The van der Waals surface area contributed by atoms with Crippen LogP contribution in [-0.4, -0.2) is 46.1 Å². The number of hydrogen-bond donors (Lipinski definition) is 4. The van der Waals surface area contributed by atoms with Crippen LogP contribution in [0.5, 0.6) is 0 Å². The first-order valence-electron chi connectivity index (χ1n) is 16.3. The number of carbonyl (C=O) groups excluding carboxylic acids is 1. The molecule has 222 valence electrons. The number of amides is 1. The Bertz CT molecular complexity index is 474. The molecule has 5 nitrogen and oxygen atoms in total. The van der Waals surface area contributed by atoms with Crippen LogP contribution in [0.3, 0.4) is 0 Å². The molecule has 1 amide bonds. The van der Waals surface area contributed by atoms with Crippen LogP contribution in [-0.2, 0) is 4.79 Å². The van der Waals surface area contributed by atoms with E-state index in [-0.39, 0.29) is 6.61 Å². The molecule has 5 heteroatoms. The van der Waals surface area contributed by atoms with Gasteiger partial charge in [-0.05, 0) is 12.8 Å². The maximum atomic E-state index is 12.3. The number of rotatable bonds is 29. The summed E-state index contributed by atoms with van der Waals surface area (Å²) in [5, 5.41) is 32.9. The molecule has 0 heterocycles. The topological polar surface area (TPSA) is 89.8 Å². The molecular weight excluding hydrogens is 462 g/mol. The second-order valence-corrected chi connectivity index (χ2v) is 11.4. The highest BCUT2D eigenvalue weighted by molar-refractivity contribution is 5.80. The quantitative estimate of drug-likeness (QED) is 0.0742. The van der Waals surface area contributed by atoms with E-state index >= 15 is 0 Å². The molecule has 0 bridgehead atoms. The third-order valence-corrected chi connectivity index (χ3v) is 7.73. The summed E-state index contributed by atoms with van der Waals surface area (Å²) >= 11 is 0. The van der Waals surface area contributed by atoms with Crippen molar-refractivity contribution in [3.05, 3.63) is 0 Å². The van der Waals surface area contributed by atoms with Gasteiger partial charge < -0.3 is 20.6 Å². The zero-order valence-corrected chi connectivity index (χ0v) is 24.9. The van der Waals surface area contributed by atoms with Crippen LogP contribution in [0.1, 0.15) is 174 Å². The fraction of sp³-hybridized carbons (Fsp3) is 0.969. The first-order chi connectivity index (χ1) is 18.1.